The Morgan fingerprint density at radius 3 is 2.79 bits per heavy atom. The zero-order valence-corrected chi connectivity index (χ0v) is 12.1. The van der Waals surface area contributed by atoms with E-state index in [2.05, 4.69) is 10.5 Å². The number of aromatic nitrogens is 1. The number of ether oxygens (including phenoxy) is 1. The molecule has 0 aromatic carbocycles. The lowest BCUT2D eigenvalue weighted by Gasteiger charge is -2.12. The van der Waals surface area contributed by atoms with Gasteiger partial charge in [0.05, 0.1) is 17.6 Å². The molecule has 106 valence electrons. The van der Waals surface area contributed by atoms with Gasteiger partial charge in [0.1, 0.15) is 5.76 Å². The summed E-state index contributed by atoms with van der Waals surface area (Å²) in [6.45, 7) is 5.73. The highest BCUT2D eigenvalue weighted by Gasteiger charge is 2.19. The lowest BCUT2D eigenvalue weighted by Crippen LogP contribution is -2.26. The van der Waals surface area contributed by atoms with Crippen LogP contribution in [0, 0.1) is 6.92 Å². The van der Waals surface area contributed by atoms with Gasteiger partial charge in [-0.15, -0.1) is 11.8 Å². The van der Waals surface area contributed by atoms with Crippen molar-refractivity contribution in [1.29, 1.82) is 0 Å². The maximum absolute atomic E-state index is 12.0. The predicted molar refractivity (Wildman–Crippen MR) is 73.0 cm³/mol. The Bertz CT molecular complexity index is 433. The highest BCUT2D eigenvalue weighted by Crippen LogP contribution is 2.17. The Balaban J connectivity index is 2.45. The van der Waals surface area contributed by atoms with E-state index in [4.69, 9.17) is 9.26 Å². The lowest BCUT2D eigenvalue weighted by atomic mass is 10.3. The smallest absolute Gasteiger partial charge is 0.315 e. The normalized spacial score (nSPS) is 11.9. The van der Waals surface area contributed by atoms with Crippen molar-refractivity contribution < 1.29 is 18.8 Å². The molecule has 19 heavy (non-hydrogen) atoms. The number of nitrogens with zero attached hydrogens (tertiary/aromatic N) is 1. The van der Waals surface area contributed by atoms with E-state index in [1.54, 1.807) is 19.9 Å². The Labute approximate surface area is 116 Å². The first-order chi connectivity index (χ1) is 9.06. The first-order valence-corrected chi connectivity index (χ1v) is 7.13. The average Bonchev–Trinajstić information content (AvgIpc) is 2.76. The molecule has 1 unspecified atom stereocenters. The number of hydrogen-bond donors (Lipinski definition) is 1. The van der Waals surface area contributed by atoms with Crippen molar-refractivity contribution in [2.75, 3.05) is 17.7 Å². The largest absolute Gasteiger partial charge is 0.465 e. The Morgan fingerprint density at radius 1 is 1.53 bits per heavy atom. The summed E-state index contributed by atoms with van der Waals surface area (Å²) >= 11 is 1.26. The topological polar surface area (TPSA) is 81.4 Å². The fourth-order valence-corrected chi connectivity index (χ4v) is 2.25. The van der Waals surface area contributed by atoms with Gasteiger partial charge in [-0.3, -0.25) is 9.59 Å². The standard InChI is InChI=1S/C12H18N2O4S/c1-4-9(19-7-11(15)17-5-2)12(16)13-10-6-8(3)18-14-10/h6,9H,4-5,7H2,1-3H3,(H,13,14,16). The van der Waals surface area contributed by atoms with Gasteiger partial charge in [-0.25, -0.2) is 0 Å². The molecule has 0 bridgehead atoms. The third-order valence-corrected chi connectivity index (χ3v) is 3.60. The van der Waals surface area contributed by atoms with Gasteiger partial charge in [0.2, 0.25) is 5.91 Å². The van der Waals surface area contributed by atoms with Crippen LogP contribution in [0.5, 0.6) is 0 Å². The first kappa shape index (κ1) is 15.6. The molecular formula is C12H18N2O4S. The van der Waals surface area contributed by atoms with Crippen molar-refractivity contribution in [3.8, 4) is 0 Å². The van der Waals surface area contributed by atoms with Crippen molar-refractivity contribution in [2.45, 2.75) is 32.4 Å². The first-order valence-electron chi connectivity index (χ1n) is 6.08. The van der Waals surface area contributed by atoms with E-state index in [1.807, 2.05) is 6.92 Å². The van der Waals surface area contributed by atoms with E-state index < -0.39 is 0 Å². The number of hydrogen-bond acceptors (Lipinski definition) is 6. The minimum atomic E-state index is -0.318. The van der Waals surface area contributed by atoms with Gasteiger partial charge < -0.3 is 14.6 Å². The quantitative estimate of drug-likeness (QED) is 0.772. The molecule has 1 N–H and O–H groups in total. The molecule has 7 heteroatoms. The number of anilines is 1. The summed E-state index contributed by atoms with van der Waals surface area (Å²) in [5.74, 6) is 0.679. The van der Waals surface area contributed by atoms with Crippen molar-refractivity contribution in [1.82, 2.24) is 5.16 Å². The number of amides is 1. The van der Waals surface area contributed by atoms with E-state index in [0.717, 1.165) is 0 Å². The number of esters is 1. The highest BCUT2D eigenvalue weighted by atomic mass is 32.2. The van der Waals surface area contributed by atoms with Crippen LogP contribution < -0.4 is 5.32 Å². The molecule has 6 nitrogen and oxygen atoms in total. The lowest BCUT2D eigenvalue weighted by molar-refractivity contribution is -0.139. The van der Waals surface area contributed by atoms with Gasteiger partial charge in [0.25, 0.3) is 0 Å². The summed E-state index contributed by atoms with van der Waals surface area (Å²) in [6, 6.07) is 1.64. The minimum absolute atomic E-state index is 0.164. The fourth-order valence-electron chi connectivity index (χ4n) is 1.38. The van der Waals surface area contributed by atoms with Crippen molar-refractivity contribution in [2.24, 2.45) is 0 Å². The van der Waals surface area contributed by atoms with Crippen LogP contribution in [0.3, 0.4) is 0 Å². The molecule has 0 saturated carbocycles. The number of nitrogens with one attached hydrogen (secondary N) is 1. The SMILES string of the molecule is CCOC(=O)CSC(CC)C(=O)Nc1cc(C)on1. The van der Waals surface area contributed by atoms with Gasteiger partial charge in [-0.1, -0.05) is 12.1 Å². The third kappa shape index (κ3) is 5.34. The van der Waals surface area contributed by atoms with Crippen molar-refractivity contribution in [3.05, 3.63) is 11.8 Å². The molecule has 0 spiro atoms. The van der Waals surface area contributed by atoms with Crippen LogP contribution in [0.25, 0.3) is 0 Å². The molecule has 0 aliphatic heterocycles. The fraction of sp³-hybridized carbons (Fsp3) is 0.583. The second-order valence-corrected chi connectivity index (χ2v) is 5.02. The summed E-state index contributed by atoms with van der Waals surface area (Å²) < 4.78 is 9.68. The van der Waals surface area contributed by atoms with E-state index in [9.17, 15) is 9.59 Å². The zero-order chi connectivity index (χ0) is 14.3. The van der Waals surface area contributed by atoms with Crippen molar-refractivity contribution >= 4 is 29.5 Å². The summed E-state index contributed by atoms with van der Waals surface area (Å²) in [6.07, 6.45) is 0.618. The van der Waals surface area contributed by atoms with Crippen LogP contribution in [-0.4, -0.2) is 34.6 Å². The molecule has 1 atom stereocenters. The van der Waals surface area contributed by atoms with Gasteiger partial charge in [0.15, 0.2) is 5.82 Å². The summed E-state index contributed by atoms with van der Waals surface area (Å²) in [5, 5.41) is 6.02. The molecule has 0 fully saturated rings. The Hall–Kier alpha value is -1.50. The van der Waals surface area contributed by atoms with Crippen LogP contribution >= 0.6 is 11.8 Å². The maximum atomic E-state index is 12.0. The van der Waals surface area contributed by atoms with E-state index in [-0.39, 0.29) is 22.9 Å². The van der Waals surface area contributed by atoms with Crippen LogP contribution in [-0.2, 0) is 14.3 Å². The van der Waals surface area contributed by atoms with Crippen LogP contribution in [0.4, 0.5) is 5.82 Å². The van der Waals surface area contributed by atoms with Gasteiger partial charge >= 0.3 is 5.97 Å². The summed E-state index contributed by atoms with van der Waals surface area (Å²) in [4.78, 5) is 23.2. The zero-order valence-electron chi connectivity index (χ0n) is 11.3. The Morgan fingerprint density at radius 2 is 2.26 bits per heavy atom. The molecule has 0 saturated heterocycles. The minimum Gasteiger partial charge on any atom is -0.465 e. The number of carbonyl (C=O) groups excluding carboxylic acids is 2. The molecule has 0 radical (unpaired) electrons. The number of carbonyl (C=O) groups is 2. The molecular weight excluding hydrogens is 268 g/mol. The summed E-state index contributed by atoms with van der Waals surface area (Å²) in [7, 11) is 0. The molecule has 0 aliphatic carbocycles. The molecule has 1 aromatic rings. The molecule has 1 aromatic heterocycles. The molecule has 1 rings (SSSR count). The second kappa shape index (κ2) is 7.83. The molecule has 1 heterocycles. The third-order valence-electron chi connectivity index (χ3n) is 2.25. The number of thioether (sulfide) groups is 1. The van der Waals surface area contributed by atoms with Gasteiger partial charge in [-0.2, -0.15) is 0 Å². The molecule has 1 amide bonds. The molecule has 0 aliphatic rings. The average molecular weight is 286 g/mol. The number of aryl methyl sites for hydroxylation is 1. The highest BCUT2D eigenvalue weighted by molar-refractivity contribution is 8.01. The second-order valence-electron chi connectivity index (χ2n) is 3.82. The van der Waals surface area contributed by atoms with E-state index in [1.165, 1.54) is 11.8 Å². The van der Waals surface area contributed by atoms with Crippen molar-refractivity contribution in [3.63, 3.8) is 0 Å². The summed E-state index contributed by atoms with van der Waals surface area (Å²) in [5.41, 5.74) is 0. The van der Waals surface area contributed by atoms with Gasteiger partial charge in [-0.05, 0) is 20.3 Å². The van der Waals surface area contributed by atoms with E-state index in [0.29, 0.717) is 24.6 Å². The Kier molecular flexibility index (Phi) is 6.41. The maximum Gasteiger partial charge on any atom is 0.315 e. The van der Waals surface area contributed by atoms with Crippen LogP contribution in [0.15, 0.2) is 10.6 Å². The van der Waals surface area contributed by atoms with Crippen LogP contribution in [0.2, 0.25) is 0 Å². The van der Waals surface area contributed by atoms with Crippen LogP contribution in [0.1, 0.15) is 26.0 Å². The van der Waals surface area contributed by atoms with E-state index >= 15 is 0 Å². The monoisotopic (exact) mass is 286 g/mol. The van der Waals surface area contributed by atoms with Gasteiger partial charge in [0, 0.05) is 6.07 Å². The number of rotatable bonds is 7. The predicted octanol–water partition coefficient (Wildman–Crippen LogP) is 2.00.